The summed E-state index contributed by atoms with van der Waals surface area (Å²) in [4.78, 5) is 9.74. The Balaban J connectivity index is 3.20. The smallest absolute Gasteiger partial charge is 0.271 e. The van der Waals surface area contributed by atoms with Crippen molar-refractivity contribution in [3.63, 3.8) is 0 Å². The lowest BCUT2D eigenvalue weighted by Crippen LogP contribution is -1.99. The number of non-ortho nitro benzene ring substituents is 1. The van der Waals surface area contributed by atoms with Gasteiger partial charge in [0.15, 0.2) is 0 Å². The highest BCUT2D eigenvalue weighted by Gasteiger charge is 2.09. The predicted molar refractivity (Wildman–Crippen MR) is 50.2 cm³/mol. The van der Waals surface area contributed by atoms with Gasteiger partial charge in [-0.2, -0.15) is 0 Å². The summed E-state index contributed by atoms with van der Waals surface area (Å²) in [6, 6.07) is 3.78. The lowest BCUT2D eigenvalue weighted by atomic mass is 10.2. The number of halogens is 1. The second-order valence-corrected chi connectivity index (χ2v) is 2.72. The number of benzene rings is 1. The summed E-state index contributed by atoms with van der Waals surface area (Å²) in [7, 11) is 0. The summed E-state index contributed by atoms with van der Waals surface area (Å²) in [6.45, 7) is 0. The maximum atomic E-state index is 10.3. The average Bonchev–Trinajstić information content (AvgIpc) is 2.03. The summed E-state index contributed by atoms with van der Waals surface area (Å²) in [5.41, 5.74) is 5.75. The van der Waals surface area contributed by atoms with Crippen molar-refractivity contribution >= 4 is 28.1 Å². The molecular weight excluding hydrogens is 194 g/mol. The first-order chi connectivity index (χ1) is 6.02. The van der Waals surface area contributed by atoms with Gasteiger partial charge in [-0.15, -0.1) is 0 Å². The Labute approximate surface area is 78.8 Å². The molecule has 0 aliphatic carbocycles. The first-order valence-corrected chi connectivity index (χ1v) is 3.68. The van der Waals surface area contributed by atoms with E-state index in [-0.39, 0.29) is 16.5 Å². The Bertz CT molecular complexity index is 378. The monoisotopic (exact) mass is 199 g/mol. The zero-order valence-electron chi connectivity index (χ0n) is 6.45. The Morgan fingerprint density at radius 3 is 2.62 bits per heavy atom. The van der Waals surface area contributed by atoms with E-state index in [4.69, 9.17) is 22.7 Å². The van der Waals surface area contributed by atoms with Crippen molar-refractivity contribution in [2.75, 3.05) is 5.73 Å². The SMILES string of the molecule is N=C(Cl)c1ccc([N+](=O)[O-])cc1N. The van der Waals surface area contributed by atoms with E-state index in [0.717, 1.165) is 0 Å². The highest BCUT2D eigenvalue weighted by atomic mass is 35.5. The second-order valence-electron chi connectivity index (χ2n) is 2.34. The third-order valence-corrected chi connectivity index (χ3v) is 1.69. The first kappa shape index (κ1) is 9.47. The fourth-order valence-corrected chi connectivity index (χ4v) is 1.04. The zero-order chi connectivity index (χ0) is 10.0. The molecule has 0 amide bonds. The highest BCUT2D eigenvalue weighted by Crippen LogP contribution is 2.20. The highest BCUT2D eigenvalue weighted by molar-refractivity contribution is 6.69. The summed E-state index contributed by atoms with van der Waals surface area (Å²) >= 11 is 5.37. The minimum Gasteiger partial charge on any atom is -0.398 e. The number of nitro benzene ring substituents is 1. The van der Waals surface area contributed by atoms with Crippen molar-refractivity contribution < 1.29 is 4.92 Å². The molecule has 0 aliphatic rings. The van der Waals surface area contributed by atoms with E-state index in [2.05, 4.69) is 0 Å². The largest absolute Gasteiger partial charge is 0.398 e. The standard InChI is InChI=1S/C7H6ClN3O2/c8-7(10)5-2-1-4(11(12)13)3-6(5)9/h1-3,10H,9H2. The molecular formula is C7H6ClN3O2. The fraction of sp³-hybridized carbons (Fsp3) is 0. The lowest BCUT2D eigenvalue weighted by Gasteiger charge is -2.00. The van der Waals surface area contributed by atoms with Gasteiger partial charge in [0.1, 0.15) is 5.17 Å². The van der Waals surface area contributed by atoms with Gasteiger partial charge in [-0.05, 0) is 6.07 Å². The topological polar surface area (TPSA) is 93.0 Å². The minimum absolute atomic E-state index is 0.112. The second kappa shape index (κ2) is 3.40. The van der Waals surface area contributed by atoms with Crippen LogP contribution in [-0.2, 0) is 0 Å². The van der Waals surface area contributed by atoms with Crippen LogP contribution in [0.2, 0.25) is 0 Å². The van der Waals surface area contributed by atoms with Gasteiger partial charge in [0.25, 0.3) is 5.69 Å². The van der Waals surface area contributed by atoms with Crippen molar-refractivity contribution in [3.05, 3.63) is 33.9 Å². The number of anilines is 1. The number of nitrogens with zero attached hydrogens (tertiary/aromatic N) is 1. The Morgan fingerprint density at radius 2 is 2.23 bits per heavy atom. The molecule has 0 saturated heterocycles. The summed E-state index contributed by atoms with van der Waals surface area (Å²) in [6.07, 6.45) is 0. The third kappa shape index (κ3) is 1.94. The summed E-state index contributed by atoms with van der Waals surface area (Å²) in [5, 5.41) is 17.1. The molecule has 13 heavy (non-hydrogen) atoms. The molecule has 0 spiro atoms. The van der Waals surface area contributed by atoms with Crippen LogP contribution < -0.4 is 5.73 Å². The molecule has 68 valence electrons. The van der Waals surface area contributed by atoms with Crippen LogP contribution in [0.4, 0.5) is 11.4 Å². The van der Waals surface area contributed by atoms with Crippen molar-refractivity contribution in [3.8, 4) is 0 Å². The Kier molecular flexibility index (Phi) is 2.48. The van der Waals surface area contributed by atoms with E-state index in [1.54, 1.807) is 0 Å². The third-order valence-electron chi connectivity index (χ3n) is 1.48. The van der Waals surface area contributed by atoms with E-state index in [1.165, 1.54) is 18.2 Å². The normalized spacial score (nSPS) is 9.62. The predicted octanol–water partition coefficient (Wildman–Crippen LogP) is 1.74. The number of nitrogens with one attached hydrogen (secondary N) is 1. The number of nitro groups is 1. The zero-order valence-corrected chi connectivity index (χ0v) is 7.21. The van der Waals surface area contributed by atoms with Crippen LogP contribution in [0.1, 0.15) is 5.56 Å². The number of nitrogens with two attached hydrogens (primary N) is 1. The summed E-state index contributed by atoms with van der Waals surface area (Å²) < 4.78 is 0. The van der Waals surface area contributed by atoms with Gasteiger partial charge in [-0.25, -0.2) is 0 Å². The van der Waals surface area contributed by atoms with Crippen LogP contribution in [0.5, 0.6) is 0 Å². The molecule has 0 fully saturated rings. The molecule has 6 heteroatoms. The van der Waals surface area contributed by atoms with Crippen LogP contribution in [0.15, 0.2) is 18.2 Å². The molecule has 0 aromatic heterocycles. The van der Waals surface area contributed by atoms with Crippen LogP contribution in [0.3, 0.4) is 0 Å². The molecule has 0 aliphatic heterocycles. The molecule has 0 unspecified atom stereocenters. The van der Waals surface area contributed by atoms with E-state index in [1.807, 2.05) is 0 Å². The van der Waals surface area contributed by atoms with E-state index >= 15 is 0 Å². The fourth-order valence-electron chi connectivity index (χ4n) is 0.864. The van der Waals surface area contributed by atoms with E-state index in [0.29, 0.717) is 5.56 Å². The molecule has 1 rings (SSSR count). The molecule has 0 atom stereocenters. The van der Waals surface area contributed by atoms with Crippen molar-refractivity contribution in [1.82, 2.24) is 0 Å². The first-order valence-electron chi connectivity index (χ1n) is 3.30. The van der Waals surface area contributed by atoms with Gasteiger partial charge in [0.05, 0.1) is 4.92 Å². The number of nitrogen functional groups attached to an aromatic ring is 1. The molecule has 1 aromatic rings. The summed E-state index contributed by atoms with van der Waals surface area (Å²) in [5.74, 6) is 0. The van der Waals surface area contributed by atoms with Crippen molar-refractivity contribution in [2.45, 2.75) is 0 Å². The van der Waals surface area contributed by atoms with Gasteiger partial charge in [0, 0.05) is 23.4 Å². The molecule has 0 bridgehead atoms. The van der Waals surface area contributed by atoms with E-state index < -0.39 is 4.92 Å². The molecule has 1 aromatic carbocycles. The van der Waals surface area contributed by atoms with Crippen molar-refractivity contribution in [2.24, 2.45) is 0 Å². The van der Waals surface area contributed by atoms with Crippen LogP contribution in [0.25, 0.3) is 0 Å². The maximum Gasteiger partial charge on any atom is 0.271 e. The molecule has 0 heterocycles. The molecule has 5 nitrogen and oxygen atoms in total. The van der Waals surface area contributed by atoms with Gasteiger partial charge >= 0.3 is 0 Å². The van der Waals surface area contributed by atoms with E-state index in [9.17, 15) is 10.1 Å². The van der Waals surface area contributed by atoms with Gasteiger partial charge in [-0.1, -0.05) is 11.6 Å². The number of hydrogen-bond donors (Lipinski definition) is 2. The average molecular weight is 200 g/mol. The Morgan fingerprint density at radius 1 is 1.62 bits per heavy atom. The van der Waals surface area contributed by atoms with Crippen LogP contribution in [0, 0.1) is 15.5 Å². The van der Waals surface area contributed by atoms with Gasteiger partial charge in [-0.3, -0.25) is 15.5 Å². The van der Waals surface area contributed by atoms with Crippen LogP contribution >= 0.6 is 11.6 Å². The number of hydrogen-bond acceptors (Lipinski definition) is 4. The quantitative estimate of drug-likeness (QED) is 0.329. The molecule has 0 saturated carbocycles. The lowest BCUT2D eigenvalue weighted by molar-refractivity contribution is -0.384. The van der Waals surface area contributed by atoms with Gasteiger partial charge in [0.2, 0.25) is 0 Å². The maximum absolute atomic E-state index is 10.3. The number of rotatable bonds is 2. The van der Waals surface area contributed by atoms with Gasteiger partial charge < -0.3 is 5.73 Å². The minimum atomic E-state index is -0.558. The van der Waals surface area contributed by atoms with Crippen LogP contribution in [-0.4, -0.2) is 10.1 Å². The van der Waals surface area contributed by atoms with Crippen molar-refractivity contribution in [1.29, 1.82) is 5.41 Å². The Hall–Kier alpha value is -1.62. The molecule has 0 radical (unpaired) electrons. The molecule has 3 N–H and O–H groups in total.